The van der Waals surface area contributed by atoms with E-state index in [-0.39, 0.29) is 12.0 Å². The molecule has 112 valence electrons. The van der Waals surface area contributed by atoms with Crippen LogP contribution in [0.25, 0.3) is 0 Å². The van der Waals surface area contributed by atoms with Crippen LogP contribution in [0.3, 0.4) is 0 Å². The minimum Gasteiger partial charge on any atom is -0.497 e. The number of hydrogen-bond acceptors (Lipinski definition) is 4. The third kappa shape index (κ3) is 2.85. The van der Waals surface area contributed by atoms with Gasteiger partial charge in [0, 0.05) is 12.7 Å². The van der Waals surface area contributed by atoms with Gasteiger partial charge in [-0.2, -0.15) is 0 Å². The van der Waals surface area contributed by atoms with Crippen LogP contribution >= 0.6 is 12.2 Å². The highest BCUT2D eigenvalue weighted by atomic mass is 32.1. The van der Waals surface area contributed by atoms with E-state index in [9.17, 15) is 4.79 Å². The highest BCUT2D eigenvalue weighted by Crippen LogP contribution is 2.31. The average Bonchev–Trinajstić information content (AvgIpc) is 2.51. The molecule has 21 heavy (non-hydrogen) atoms. The summed E-state index contributed by atoms with van der Waals surface area (Å²) >= 11 is 5.31. The molecule has 1 aromatic carbocycles. The van der Waals surface area contributed by atoms with Crippen molar-refractivity contribution >= 4 is 23.3 Å². The Balaban J connectivity index is 2.48. The van der Waals surface area contributed by atoms with Crippen molar-refractivity contribution in [3.63, 3.8) is 0 Å². The lowest BCUT2D eigenvalue weighted by Gasteiger charge is -2.35. The van der Waals surface area contributed by atoms with Crippen molar-refractivity contribution in [2.75, 3.05) is 21.3 Å². The van der Waals surface area contributed by atoms with E-state index < -0.39 is 0 Å². The van der Waals surface area contributed by atoms with Crippen molar-refractivity contribution in [2.24, 2.45) is 0 Å². The third-order valence-electron chi connectivity index (χ3n) is 3.61. The van der Waals surface area contributed by atoms with Crippen molar-refractivity contribution < 1.29 is 14.3 Å². The van der Waals surface area contributed by atoms with Crippen LogP contribution in [0.1, 0.15) is 18.5 Å². The van der Waals surface area contributed by atoms with Gasteiger partial charge >= 0.3 is 5.97 Å². The lowest BCUT2D eigenvalue weighted by Crippen LogP contribution is -2.46. The summed E-state index contributed by atoms with van der Waals surface area (Å²) in [7, 11) is 4.81. The van der Waals surface area contributed by atoms with E-state index in [4.69, 9.17) is 21.7 Å². The van der Waals surface area contributed by atoms with Crippen molar-refractivity contribution in [1.29, 1.82) is 0 Å². The van der Waals surface area contributed by atoms with E-state index in [0.717, 1.165) is 17.0 Å². The number of benzene rings is 1. The number of carbonyl (C=O) groups excluding carboxylic acids is 1. The van der Waals surface area contributed by atoms with Crippen LogP contribution in [0.5, 0.6) is 5.75 Å². The Morgan fingerprint density at radius 1 is 1.29 bits per heavy atom. The normalized spacial score (nSPS) is 18.4. The maximum atomic E-state index is 12.1. The Hall–Kier alpha value is -2.08. The van der Waals surface area contributed by atoms with Crippen molar-refractivity contribution in [3.8, 4) is 5.75 Å². The predicted molar refractivity (Wildman–Crippen MR) is 83.9 cm³/mol. The molecule has 1 heterocycles. The number of hydrogen-bond donors (Lipinski definition) is 1. The lowest BCUT2D eigenvalue weighted by atomic mass is 9.95. The van der Waals surface area contributed by atoms with E-state index in [1.54, 1.807) is 12.0 Å². The summed E-state index contributed by atoms with van der Waals surface area (Å²) in [5.74, 6) is 0.393. The Kier molecular flexibility index (Phi) is 4.47. The van der Waals surface area contributed by atoms with Crippen molar-refractivity contribution in [2.45, 2.75) is 13.0 Å². The molecule has 0 aromatic heterocycles. The van der Waals surface area contributed by atoms with Crippen LogP contribution < -0.4 is 10.1 Å². The second-order valence-corrected chi connectivity index (χ2v) is 5.09. The molecule has 6 heteroatoms. The molecule has 1 aromatic rings. The van der Waals surface area contributed by atoms with Crippen molar-refractivity contribution in [3.05, 3.63) is 41.1 Å². The minimum atomic E-state index is -0.366. The highest BCUT2D eigenvalue weighted by Gasteiger charge is 2.32. The highest BCUT2D eigenvalue weighted by molar-refractivity contribution is 7.80. The number of esters is 1. The second kappa shape index (κ2) is 6.13. The zero-order valence-corrected chi connectivity index (χ0v) is 13.3. The maximum Gasteiger partial charge on any atom is 0.337 e. The summed E-state index contributed by atoms with van der Waals surface area (Å²) in [5, 5.41) is 3.74. The fourth-order valence-electron chi connectivity index (χ4n) is 2.26. The molecule has 0 saturated carbocycles. The molecule has 0 saturated heterocycles. The van der Waals surface area contributed by atoms with E-state index in [2.05, 4.69) is 5.32 Å². The first-order chi connectivity index (χ1) is 9.99. The van der Waals surface area contributed by atoms with Crippen LogP contribution in [0.15, 0.2) is 35.5 Å². The number of thiocarbonyl (C=S) groups is 1. The quantitative estimate of drug-likeness (QED) is 0.681. The lowest BCUT2D eigenvalue weighted by molar-refractivity contribution is -0.136. The van der Waals surface area contributed by atoms with Gasteiger partial charge in [-0.1, -0.05) is 12.1 Å². The number of nitrogens with zero attached hydrogens (tertiary/aromatic N) is 1. The van der Waals surface area contributed by atoms with Gasteiger partial charge in [-0.15, -0.1) is 0 Å². The molecule has 1 N–H and O–H groups in total. The first kappa shape index (κ1) is 15.3. The Bertz CT molecular complexity index is 595. The molecule has 0 bridgehead atoms. The standard InChI is InChI=1S/C15H18N2O3S/c1-9-12(14(18)20-4)13(16-15(21)17(9)2)10-5-7-11(19-3)8-6-10/h5-8,13H,1-4H3,(H,16,21). The van der Waals surface area contributed by atoms with Crippen LogP contribution in [0.2, 0.25) is 0 Å². The van der Waals surface area contributed by atoms with Gasteiger partial charge in [0.25, 0.3) is 0 Å². The van der Waals surface area contributed by atoms with E-state index in [1.165, 1.54) is 7.11 Å². The van der Waals surface area contributed by atoms with Gasteiger partial charge in [-0.25, -0.2) is 4.79 Å². The number of carbonyl (C=O) groups is 1. The maximum absolute atomic E-state index is 12.1. The summed E-state index contributed by atoms with van der Waals surface area (Å²) in [6.07, 6.45) is 0. The molecule has 1 aliphatic rings. The van der Waals surface area contributed by atoms with Crippen LogP contribution in [0.4, 0.5) is 0 Å². The summed E-state index contributed by atoms with van der Waals surface area (Å²) in [4.78, 5) is 13.9. The molecule has 1 atom stereocenters. The van der Waals surface area contributed by atoms with Gasteiger partial charge in [0.05, 0.1) is 25.8 Å². The van der Waals surface area contributed by atoms with Gasteiger partial charge in [0.1, 0.15) is 5.75 Å². The molecule has 0 amide bonds. The molecular formula is C15H18N2O3S. The number of methoxy groups -OCH3 is 2. The molecule has 1 aliphatic heterocycles. The summed E-state index contributed by atoms with van der Waals surface area (Å²) in [6.45, 7) is 1.86. The molecule has 0 spiro atoms. The number of ether oxygens (including phenoxy) is 2. The second-order valence-electron chi connectivity index (χ2n) is 4.71. The van der Waals surface area contributed by atoms with Crippen LogP contribution in [-0.4, -0.2) is 37.2 Å². The zero-order chi connectivity index (χ0) is 15.6. The third-order valence-corrected chi connectivity index (χ3v) is 4.00. The van der Waals surface area contributed by atoms with E-state index in [0.29, 0.717) is 10.7 Å². The Morgan fingerprint density at radius 2 is 1.90 bits per heavy atom. The predicted octanol–water partition coefficient (Wildman–Crippen LogP) is 2.00. The molecule has 0 aliphatic carbocycles. The smallest absolute Gasteiger partial charge is 0.337 e. The Morgan fingerprint density at radius 3 is 2.43 bits per heavy atom. The minimum absolute atomic E-state index is 0.327. The molecule has 5 nitrogen and oxygen atoms in total. The summed E-state index contributed by atoms with van der Waals surface area (Å²) < 4.78 is 10.1. The largest absolute Gasteiger partial charge is 0.497 e. The monoisotopic (exact) mass is 306 g/mol. The van der Waals surface area contributed by atoms with Gasteiger partial charge in [0.15, 0.2) is 5.11 Å². The summed E-state index contributed by atoms with van der Waals surface area (Å²) in [5.41, 5.74) is 2.26. The van der Waals surface area contributed by atoms with Crippen molar-refractivity contribution in [1.82, 2.24) is 10.2 Å². The number of nitrogens with one attached hydrogen (secondary N) is 1. The number of rotatable bonds is 3. The van der Waals surface area contributed by atoms with Crippen LogP contribution in [0, 0.1) is 0 Å². The fraction of sp³-hybridized carbons (Fsp3) is 0.333. The first-order valence-electron chi connectivity index (χ1n) is 6.46. The zero-order valence-electron chi connectivity index (χ0n) is 12.5. The molecule has 2 rings (SSSR count). The fourth-order valence-corrected chi connectivity index (χ4v) is 2.51. The SMILES string of the molecule is COC(=O)C1=C(C)N(C)C(=S)NC1c1ccc(OC)cc1. The van der Waals surface area contributed by atoms with E-state index >= 15 is 0 Å². The van der Waals surface area contributed by atoms with Gasteiger partial charge in [-0.3, -0.25) is 0 Å². The topological polar surface area (TPSA) is 50.8 Å². The average molecular weight is 306 g/mol. The number of allylic oxidation sites excluding steroid dienone is 1. The van der Waals surface area contributed by atoms with Gasteiger partial charge in [-0.05, 0) is 36.8 Å². The molecule has 0 radical (unpaired) electrons. The van der Waals surface area contributed by atoms with Gasteiger partial charge in [0.2, 0.25) is 0 Å². The molecular weight excluding hydrogens is 288 g/mol. The van der Waals surface area contributed by atoms with Gasteiger partial charge < -0.3 is 19.7 Å². The molecule has 1 unspecified atom stereocenters. The molecule has 0 fully saturated rings. The van der Waals surface area contributed by atoms with E-state index in [1.807, 2.05) is 38.2 Å². The first-order valence-corrected chi connectivity index (χ1v) is 6.87. The summed E-state index contributed by atoms with van der Waals surface area (Å²) in [6, 6.07) is 7.18. The Labute approximate surface area is 129 Å². The van der Waals surface area contributed by atoms with Crippen LogP contribution in [-0.2, 0) is 9.53 Å².